The summed E-state index contributed by atoms with van der Waals surface area (Å²) in [6.07, 6.45) is 0.295. The van der Waals surface area contributed by atoms with Gasteiger partial charge >= 0.3 is 69.9 Å². The zero-order valence-corrected chi connectivity index (χ0v) is 58.3. The van der Waals surface area contributed by atoms with Crippen LogP contribution in [0.4, 0.5) is 0 Å². The van der Waals surface area contributed by atoms with E-state index in [1.165, 1.54) is 28.4 Å². The van der Waals surface area contributed by atoms with Crippen molar-refractivity contribution < 1.29 is 97.1 Å². The van der Waals surface area contributed by atoms with Crippen LogP contribution >= 0.6 is 0 Å². The Hall–Kier alpha value is 1.13. The number of aliphatic hydroxyl groups is 1. The van der Waals surface area contributed by atoms with Crippen LogP contribution in [0.25, 0.3) is 0 Å². The van der Waals surface area contributed by atoms with Crippen molar-refractivity contribution in [1.29, 1.82) is 0 Å². The molecule has 0 aromatic rings. The van der Waals surface area contributed by atoms with Crippen molar-refractivity contribution >= 4 is 86.6 Å². The maximum absolute atomic E-state index is 10.2. The first-order valence-electron chi connectivity index (χ1n) is 23.4. The van der Waals surface area contributed by atoms with E-state index in [0.29, 0.717) is 32.3 Å². The summed E-state index contributed by atoms with van der Waals surface area (Å²) in [5, 5.41) is 19.5. The molecule has 0 aliphatic carbocycles. The highest BCUT2D eigenvalue weighted by Crippen LogP contribution is 2.24. The topological polar surface area (TPSA) is 279 Å². The Morgan fingerprint density at radius 3 is 1.13 bits per heavy atom. The molecule has 1 aliphatic rings. The molecule has 0 aromatic heterocycles. The smallest absolute Gasteiger partial charge is 0.437 e. The number of nitrogens with one attached hydrogen (secondary N) is 3. The second-order valence-electron chi connectivity index (χ2n) is 19.4. The Labute approximate surface area is 473 Å². The van der Waals surface area contributed by atoms with Crippen LogP contribution in [0.15, 0.2) is 0 Å². The van der Waals surface area contributed by atoms with Gasteiger partial charge < -0.3 is 119 Å². The van der Waals surface area contributed by atoms with E-state index in [9.17, 15) is 5.11 Å². The van der Waals surface area contributed by atoms with Gasteiger partial charge in [0.25, 0.3) is 0 Å². The zero-order valence-electron chi connectivity index (χ0n) is 48.3. The van der Waals surface area contributed by atoms with Gasteiger partial charge in [0.15, 0.2) is 16.6 Å². The standard InChI is InChI=1S/C18H50N2O11Si5.C11H28O7Si3.C7H22N2O4Si2.4CH4/c1-22-33(9,10)30-35(23-2,24-3)16-20-15-19-13-18(21)14-27-17-28-36(25-4,26-5)31-34(11,12)29-32(6,7)8;1-12-21(13-2,16-10-14-8-11-9-15-11)18-20(6,7)17-19(3,4)5;1-10-14(4,5)13-15(11-2,12-3)7-9-6-8;;;;/h18-21H,13-17H2,1-12H3;11H,8-10H2,1-7H3;9H,6-8H2,1-5H3;4*1H4. The van der Waals surface area contributed by atoms with E-state index in [1.54, 1.807) is 42.7 Å². The summed E-state index contributed by atoms with van der Waals surface area (Å²) in [6.45, 7) is 30.4. The number of epoxide rings is 1. The fraction of sp³-hybridized carbons (Fsp3) is 1.00. The predicted octanol–water partition coefficient (Wildman–Crippen LogP) is 4.76. The maximum atomic E-state index is 10.2. The van der Waals surface area contributed by atoms with E-state index in [0.717, 1.165) is 6.61 Å². The molecule has 0 bridgehead atoms. The molecule has 0 radical (unpaired) electrons. The normalized spacial score (nSPS) is 15.2. The Bertz CT molecular complexity index is 1390. The van der Waals surface area contributed by atoms with E-state index in [4.69, 9.17) is 97.7 Å². The van der Waals surface area contributed by atoms with Gasteiger partial charge in [-0.2, -0.15) is 0 Å². The first kappa shape index (κ1) is 88.4. The molecule has 1 rings (SSSR count). The van der Waals surface area contributed by atoms with Gasteiger partial charge in [-0.15, -0.1) is 0 Å². The van der Waals surface area contributed by atoms with Crippen LogP contribution in [-0.2, 0) is 92.0 Å². The average Bonchev–Trinajstić information content (AvgIpc) is 4.12. The molecular formula is C40H116N4O22Si10. The van der Waals surface area contributed by atoms with Crippen LogP contribution in [0.2, 0.25) is 91.7 Å². The van der Waals surface area contributed by atoms with E-state index in [-0.39, 0.29) is 62.5 Å². The summed E-state index contributed by atoms with van der Waals surface area (Å²) < 4.78 is 118. The van der Waals surface area contributed by atoms with E-state index in [2.05, 4.69) is 55.2 Å². The van der Waals surface area contributed by atoms with Crippen LogP contribution in [0.1, 0.15) is 29.7 Å². The fourth-order valence-electron chi connectivity index (χ4n) is 5.86. The Morgan fingerprint density at radius 2 is 0.829 bits per heavy atom. The minimum atomic E-state index is -3.44. The van der Waals surface area contributed by atoms with E-state index >= 15 is 0 Å². The van der Waals surface area contributed by atoms with Gasteiger partial charge in [0.05, 0.1) is 38.3 Å². The number of hydrogen-bond acceptors (Lipinski definition) is 26. The van der Waals surface area contributed by atoms with Crippen LogP contribution in [0.5, 0.6) is 0 Å². The zero-order chi connectivity index (χ0) is 56.2. The molecule has 6 N–H and O–H groups in total. The lowest BCUT2D eigenvalue weighted by Crippen LogP contribution is -2.59. The van der Waals surface area contributed by atoms with Crippen molar-refractivity contribution in [2.24, 2.45) is 5.73 Å². The van der Waals surface area contributed by atoms with Crippen molar-refractivity contribution in [1.82, 2.24) is 16.0 Å². The summed E-state index contributed by atoms with van der Waals surface area (Å²) >= 11 is 0. The van der Waals surface area contributed by atoms with Gasteiger partial charge in [-0.05, 0) is 91.7 Å². The Kier molecular flexibility index (Phi) is 48.8. The second kappa shape index (κ2) is 42.0. The van der Waals surface area contributed by atoms with E-state index in [1.807, 2.05) is 52.4 Å². The van der Waals surface area contributed by atoms with Gasteiger partial charge in [0.1, 0.15) is 19.7 Å². The molecule has 0 spiro atoms. The van der Waals surface area contributed by atoms with Gasteiger partial charge in [0.2, 0.25) is 0 Å². The van der Waals surface area contributed by atoms with Crippen LogP contribution in [-0.4, -0.2) is 241 Å². The largest absolute Gasteiger partial charge is 0.671 e. The van der Waals surface area contributed by atoms with Crippen molar-refractivity contribution in [3.8, 4) is 0 Å². The molecule has 1 heterocycles. The molecule has 0 saturated carbocycles. The summed E-state index contributed by atoms with van der Waals surface area (Å²) in [5.41, 5.74) is 5.37. The van der Waals surface area contributed by atoms with Crippen molar-refractivity contribution in [2.75, 3.05) is 137 Å². The average molecular weight is 1290 g/mol. The van der Waals surface area contributed by atoms with Crippen molar-refractivity contribution in [2.45, 2.75) is 134 Å². The molecule has 1 aliphatic heterocycles. The maximum Gasteiger partial charge on any atom is 0.671 e. The lowest BCUT2D eigenvalue weighted by Gasteiger charge is -2.36. The van der Waals surface area contributed by atoms with E-state index < -0.39 is 92.7 Å². The molecule has 468 valence electrons. The SMILES string of the molecule is C.C.C.C.CO[Si](C)(C)O[Si](CNCN)(OC)OC.CO[Si](C)(C)O[Si](CNCNCC(O)COCO[Si](OC)(OC)O[Si](C)(C)O[Si](C)(C)C)(OC)OC.CO[Si](OC)(OCOCC1CO1)O[Si](C)(C)O[Si](C)(C)C. The number of ether oxygens (including phenoxy) is 3. The lowest BCUT2D eigenvalue weighted by atomic mass is 10.4. The highest BCUT2D eigenvalue weighted by atomic mass is 28.5. The summed E-state index contributed by atoms with van der Waals surface area (Å²) in [7, 11) is -9.82. The van der Waals surface area contributed by atoms with Gasteiger partial charge in [-0.25, -0.2) is 0 Å². The second-order valence-corrected chi connectivity index (χ2v) is 54.1. The molecule has 2 unspecified atom stereocenters. The Morgan fingerprint density at radius 1 is 0.474 bits per heavy atom. The predicted molar refractivity (Wildman–Crippen MR) is 321 cm³/mol. The lowest BCUT2D eigenvalue weighted by molar-refractivity contribution is -0.0815. The third-order valence-corrected chi connectivity index (χ3v) is 38.9. The third kappa shape index (κ3) is 41.2. The third-order valence-electron chi connectivity index (χ3n) is 8.99. The van der Waals surface area contributed by atoms with Gasteiger partial charge in [-0.3, -0.25) is 0 Å². The minimum absolute atomic E-state index is 0. The fourth-order valence-corrected chi connectivity index (χ4v) is 37.0. The summed E-state index contributed by atoms with van der Waals surface area (Å²) in [6, 6.07) is 0. The summed E-state index contributed by atoms with van der Waals surface area (Å²) in [5.74, 6) is 0. The van der Waals surface area contributed by atoms with Crippen molar-refractivity contribution in [3.63, 3.8) is 0 Å². The monoisotopic (exact) mass is 1280 g/mol. The molecule has 2 atom stereocenters. The number of nitrogens with two attached hydrogens (primary N) is 1. The molecule has 0 amide bonds. The molecular weight excluding hydrogens is 1170 g/mol. The number of aliphatic hydroxyl groups excluding tert-OH is 1. The minimum Gasteiger partial charge on any atom is -0.437 e. The number of hydrogen-bond donors (Lipinski definition) is 5. The van der Waals surface area contributed by atoms with Crippen LogP contribution in [0, 0.1) is 0 Å². The van der Waals surface area contributed by atoms with Crippen molar-refractivity contribution in [3.05, 3.63) is 0 Å². The first-order chi connectivity index (χ1) is 33.1. The Balaban J connectivity index is -0.000000260. The molecule has 0 aromatic carbocycles. The highest BCUT2D eigenvalue weighted by Gasteiger charge is 2.52. The quantitative estimate of drug-likeness (QED) is 0.0239. The van der Waals surface area contributed by atoms with Gasteiger partial charge in [0, 0.05) is 91.0 Å². The number of rotatable bonds is 41. The molecule has 26 nitrogen and oxygen atoms in total. The molecule has 1 saturated heterocycles. The van der Waals surface area contributed by atoms with Crippen LogP contribution in [0.3, 0.4) is 0 Å². The highest BCUT2D eigenvalue weighted by molar-refractivity contribution is 6.85. The van der Waals surface area contributed by atoms with Crippen LogP contribution < -0.4 is 21.7 Å². The molecule has 76 heavy (non-hydrogen) atoms. The van der Waals surface area contributed by atoms with Gasteiger partial charge in [-0.1, -0.05) is 29.7 Å². The summed E-state index contributed by atoms with van der Waals surface area (Å²) in [4.78, 5) is 0. The first-order valence-corrected chi connectivity index (χ1v) is 48.6. The molecule has 1 fully saturated rings. The molecule has 36 heteroatoms.